The number of amidine groups is 1. The number of ether oxygens (including phenoxy) is 1. The summed E-state index contributed by atoms with van der Waals surface area (Å²) in [5.41, 5.74) is 6.77. The van der Waals surface area contributed by atoms with Crippen LogP contribution in [0, 0.1) is 22.7 Å². The molecule has 6 heteroatoms. The van der Waals surface area contributed by atoms with Crippen LogP contribution >= 0.6 is 0 Å². The van der Waals surface area contributed by atoms with E-state index in [1.807, 2.05) is 13.8 Å². The Balaban J connectivity index is 2.38. The molecule has 0 spiro atoms. The monoisotopic (exact) mass is 361 g/mol. The number of nitrogens with zero attached hydrogens (tertiary/aromatic N) is 2. The first-order valence-electron chi connectivity index (χ1n) is 10.0. The number of imidazole rings is 1. The predicted molar refractivity (Wildman–Crippen MR) is 106 cm³/mol. The number of aryl methyl sites for hydroxylation is 1. The Labute approximate surface area is 157 Å². The van der Waals surface area contributed by atoms with Crippen LogP contribution in [-0.2, 0) is 17.7 Å². The molecule has 0 aliphatic heterocycles. The zero-order valence-electron chi connectivity index (χ0n) is 16.8. The summed E-state index contributed by atoms with van der Waals surface area (Å²) in [4.78, 5) is 4.65. The Bertz CT molecular complexity index is 626. The van der Waals surface area contributed by atoms with E-state index in [-0.39, 0.29) is 17.8 Å². The summed E-state index contributed by atoms with van der Waals surface area (Å²) in [5, 5.41) is 16.4. The summed E-state index contributed by atoms with van der Waals surface area (Å²) >= 11 is 0. The van der Waals surface area contributed by atoms with E-state index in [0.29, 0.717) is 17.3 Å². The third-order valence-corrected chi connectivity index (χ3v) is 5.20. The van der Waals surface area contributed by atoms with Gasteiger partial charge in [-0.25, -0.2) is 4.98 Å². The Morgan fingerprint density at radius 1 is 1.27 bits per heavy atom. The number of aromatic nitrogens is 2. The molecule has 26 heavy (non-hydrogen) atoms. The van der Waals surface area contributed by atoms with Crippen LogP contribution in [0.25, 0.3) is 0 Å². The topological polar surface area (TPSA) is 101 Å². The normalized spacial score (nSPS) is 20.3. The molecule has 1 saturated carbocycles. The van der Waals surface area contributed by atoms with Gasteiger partial charge in [-0.2, -0.15) is 0 Å². The molecule has 4 N–H and O–H groups in total. The summed E-state index contributed by atoms with van der Waals surface area (Å²) in [7, 11) is 0. The highest BCUT2D eigenvalue weighted by atomic mass is 16.5. The summed E-state index contributed by atoms with van der Waals surface area (Å²) < 4.78 is 7.78. The van der Waals surface area contributed by atoms with E-state index in [1.54, 1.807) is 0 Å². The van der Waals surface area contributed by atoms with Crippen molar-refractivity contribution in [3.63, 3.8) is 0 Å². The van der Waals surface area contributed by atoms with Gasteiger partial charge in [0.15, 0.2) is 0 Å². The molecule has 1 aliphatic rings. The van der Waals surface area contributed by atoms with Gasteiger partial charge in [-0.15, -0.1) is 0 Å². The second kappa shape index (κ2) is 9.19. The second-order valence-electron chi connectivity index (χ2n) is 7.97. The van der Waals surface area contributed by atoms with E-state index < -0.39 is 0 Å². The molecule has 1 aromatic rings. The molecule has 0 atom stereocenters. The lowest BCUT2D eigenvalue weighted by atomic mass is 9.83. The van der Waals surface area contributed by atoms with Gasteiger partial charge in [-0.1, -0.05) is 33.1 Å². The number of unbranched alkanes of at least 4 members (excludes halogenated alkanes) is 1. The SMILES string of the molecule is CCCCc1nc(C(=N)N)c(C(=N)OC(C)C)n1CC1CCC(C)CC1. The molecular formula is C20H35N5O. The minimum atomic E-state index is -0.0970. The lowest BCUT2D eigenvalue weighted by Crippen LogP contribution is -2.25. The average Bonchev–Trinajstić information content (AvgIpc) is 2.93. The van der Waals surface area contributed by atoms with Gasteiger partial charge in [0.1, 0.15) is 23.0 Å². The first kappa shape index (κ1) is 20.5. The fourth-order valence-corrected chi connectivity index (χ4v) is 3.70. The largest absolute Gasteiger partial charge is 0.474 e. The van der Waals surface area contributed by atoms with Crippen LogP contribution in [0.15, 0.2) is 0 Å². The van der Waals surface area contributed by atoms with Crippen LogP contribution < -0.4 is 5.73 Å². The smallest absolute Gasteiger partial charge is 0.233 e. The Hall–Kier alpha value is -1.85. The first-order valence-corrected chi connectivity index (χ1v) is 10.0. The van der Waals surface area contributed by atoms with Crippen LogP contribution in [0.2, 0.25) is 0 Å². The molecule has 0 amide bonds. The predicted octanol–water partition coefficient (Wildman–Crippen LogP) is 4.09. The molecule has 1 fully saturated rings. The summed E-state index contributed by atoms with van der Waals surface area (Å²) in [6.07, 6.45) is 7.80. The highest BCUT2D eigenvalue weighted by molar-refractivity contribution is 6.04. The van der Waals surface area contributed by atoms with Gasteiger partial charge < -0.3 is 15.0 Å². The fraction of sp³-hybridized carbons (Fsp3) is 0.750. The van der Waals surface area contributed by atoms with Gasteiger partial charge in [0.05, 0.1) is 6.10 Å². The highest BCUT2D eigenvalue weighted by Crippen LogP contribution is 2.30. The molecule has 0 bridgehead atoms. The number of nitrogen functional groups attached to an aromatic ring is 1. The summed E-state index contributed by atoms with van der Waals surface area (Å²) in [6, 6.07) is 0. The van der Waals surface area contributed by atoms with Gasteiger partial charge in [0.25, 0.3) is 0 Å². The summed E-state index contributed by atoms with van der Waals surface area (Å²) in [5.74, 6) is 2.31. The molecule has 6 nitrogen and oxygen atoms in total. The number of hydrogen-bond donors (Lipinski definition) is 3. The van der Waals surface area contributed by atoms with Gasteiger partial charge in [-0.05, 0) is 44.9 Å². The van der Waals surface area contributed by atoms with Crippen molar-refractivity contribution in [2.75, 3.05) is 0 Å². The van der Waals surface area contributed by atoms with Crippen molar-refractivity contribution in [1.29, 1.82) is 10.8 Å². The van der Waals surface area contributed by atoms with Crippen molar-refractivity contribution >= 4 is 11.7 Å². The fourth-order valence-electron chi connectivity index (χ4n) is 3.70. The van der Waals surface area contributed by atoms with Gasteiger partial charge in [0, 0.05) is 13.0 Å². The van der Waals surface area contributed by atoms with Crippen LogP contribution in [0.5, 0.6) is 0 Å². The molecule has 0 unspecified atom stereocenters. The minimum Gasteiger partial charge on any atom is -0.474 e. The third-order valence-electron chi connectivity index (χ3n) is 5.20. The van der Waals surface area contributed by atoms with E-state index in [0.717, 1.165) is 37.5 Å². The number of nitrogens with one attached hydrogen (secondary N) is 2. The van der Waals surface area contributed by atoms with E-state index in [2.05, 4.69) is 23.4 Å². The van der Waals surface area contributed by atoms with Gasteiger partial charge >= 0.3 is 0 Å². The molecule has 1 aliphatic carbocycles. The van der Waals surface area contributed by atoms with Gasteiger partial charge in [0.2, 0.25) is 5.90 Å². The highest BCUT2D eigenvalue weighted by Gasteiger charge is 2.27. The van der Waals surface area contributed by atoms with E-state index in [9.17, 15) is 0 Å². The maximum absolute atomic E-state index is 8.44. The molecule has 146 valence electrons. The van der Waals surface area contributed by atoms with Crippen LogP contribution in [0.1, 0.15) is 83.4 Å². The summed E-state index contributed by atoms with van der Waals surface area (Å²) in [6.45, 7) is 9.13. The van der Waals surface area contributed by atoms with E-state index >= 15 is 0 Å². The standard InChI is InChI=1S/C20H35N5O/c1-5-6-7-16-24-17(19(21)22)18(20(23)26-13(2)3)25(16)12-15-10-8-14(4)9-11-15/h13-15,23H,5-12H2,1-4H3,(H3,21,22). The Morgan fingerprint density at radius 2 is 1.92 bits per heavy atom. The van der Waals surface area contributed by atoms with Crippen LogP contribution in [0.3, 0.4) is 0 Å². The van der Waals surface area contributed by atoms with Crippen LogP contribution in [-0.4, -0.2) is 27.4 Å². The number of rotatable bonds is 8. The molecule has 0 radical (unpaired) electrons. The van der Waals surface area contributed by atoms with Crippen molar-refractivity contribution in [1.82, 2.24) is 9.55 Å². The van der Waals surface area contributed by atoms with Crippen LogP contribution in [0.4, 0.5) is 0 Å². The molecule has 1 aromatic heterocycles. The first-order chi connectivity index (χ1) is 12.3. The van der Waals surface area contributed by atoms with Crippen molar-refractivity contribution in [3.05, 3.63) is 17.2 Å². The quantitative estimate of drug-likeness (QED) is 0.480. The van der Waals surface area contributed by atoms with Crippen molar-refractivity contribution in [2.24, 2.45) is 17.6 Å². The minimum absolute atomic E-state index is 0.0737. The molecular weight excluding hydrogens is 326 g/mol. The van der Waals surface area contributed by atoms with E-state index in [1.165, 1.54) is 25.7 Å². The molecule has 0 aromatic carbocycles. The number of nitrogens with two attached hydrogens (primary N) is 1. The maximum Gasteiger partial charge on any atom is 0.233 e. The lowest BCUT2D eigenvalue weighted by molar-refractivity contribution is 0.223. The Kier molecular flexibility index (Phi) is 7.23. The second-order valence-corrected chi connectivity index (χ2v) is 7.97. The average molecular weight is 362 g/mol. The Morgan fingerprint density at radius 3 is 2.46 bits per heavy atom. The number of hydrogen-bond acceptors (Lipinski definition) is 4. The zero-order chi connectivity index (χ0) is 19.3. The van der Waals surface area contributed by atoms with Crippen molar-refractivity contribution in [2.45, 2.75) is 85.3 Å². The van der Waals surface area contributed by atoms with Crippen molar-refractivity contribution < 1.29 is 4.74 Å². The third kappa shape index (κ3) is 5.08. The molecule has 2 rings (SSSR count). The molecule has 1 heterocycles. The molecule has 0 saturated heterocycles. The van der Waals surface area contributed by atoms with E-state index in [4.69, 9.17) is 21.3 Å². The van der Waals surface area contributed by atoms with Crippen molar-refractivity contribution in [3.8, 4) is 0 Å². The maximum atomic E-state index is 8.44. The lowest BCUT2D eigenvalue weighted by Gasteiger charge is -2.27. The zero-order valence-corrected chi connectivity index (χ0v) is 16.8. The van der Waals surface area contributed by atoms with Gasteiger partial charge in [-0.3, -0.25) is 10.8 Å².